The van der Waals surface area contributed by atoms with Crippen LogP contribution in [-0.2, 0) is 4.74 Å². The summed E-state index contributed by atoms with van der Waals surface area (Å²) in [5.41, 5.74) is 2.27. The number of fused-ring (bicyclic) bond motifs is 4. The summed E-state index contributed by atoms with van der Waals surface area (Å²) in [7, 11) is 1.56. The van der Waals surface area contributed by atoms with Crippen molar-refractivity contribution in [1.82, 2.24) is 5.01 Å². The summed E-state index contributed by atoms with van der Waals surface area (Å²) in [6.45, 7) is 4.85. The van der Waals surface area contributed by atoms with Crippen LogP contribution in [0.25, 0.3) is 0 Å². The molecule has 0 aliphatic carbocycles. The van der Waals surface area contributed by atoms with Gasteiger partial charge in [-0.05, 0) is 38.1 Å². The molecule has 0 radical (unpaired) electrons. The topological polar surface area (TPSA) is 63.5 Å². The molecule has 5 rings (SSSR count). The number of hydrazone groups is 1. The molecule has 29 heavy (non-hydrogen) atoms. The third-order valence-electron chi connectivity index (χ3n) is 6.11. The molecule has 1 fully saturated rings. The highest BCUT2D eigenvalue weighted by molar-refractivity contribution is 6.02. The maximum atomic E-state index is 9.96. The zero-order valence-corrected chi connectivity index (χ0v) is 17.0. The summed E-state index contributed by atoms with van der Waals surface area (Å²) in [5.74, 6) is 1.52. The van der Waals surface area contributed by atoms with E-state index in [0.717, 1.165) is 41.9 Å². The Bertz CT molecular complexity index is 987. The Labute approximate surface area is 170 Å². The van der Waals surface area contributed by atoms with Crippen molar-refractivity contribution in [2.45, 2.75) is 50.5 Å². The van der Waals surface area contributed by atoms with Crippen molar-refractivity contribution in [2.75, 3.05) is 13.7 Å². The minimum atomic E-state index is -0.524. The number of rotatable bonds is 2. The van der Waals surface area contributed by atoms with Gasteiger partial charge < -0.3 is 19.3 Å². The summed E-state index contributed by atoms with van der Waals surface area (Å²) in [6, 6.07) is 13.8. The first kappa shape index (κ1) is 18.3. The van der Waals surface area contributed by atoms with Crippen molar-refractivity contribution in [3.8, 4) is 17.2 Å². The minimum absolute atomic E-state index is 0.114. The predicted molar refractivity (Wildman–Crippen MR) is 109 cm³/mol. The molecule has 0 bridgehead atoms. The minimum Gasteiger partial charge on any atom is -0.504 e. The second-order valence-electron chi connectivity index (χ2n) is 8.62. The van der Waals surface area contributed by atoms with Crippen molar-refractivity contribution in [1.29, 1.82) is 0 Å². The molecule has 2 atom stereocenters. The van der Waals surface area contributed by atoms with E-state index >= 15 is 0 Å². The van der Waals surface area contributed by atoms with Crippen LogP contribution in [0, 0.1) is 0 Å². The first-order valence-electron chi connectivity index (χ1n) is 10.1. The van der Waals surface area contributed by atoms with Crippen LogP contribution in [-0.4, -0.2) is 40.9 Å². The first-order chi connectivity index (χ1) is 13.9. The zero-order chi connectivity index (χ0) is 20.2. The molecule has 1 spiro atoms. The van der Waals surface area contributed by atoms with E-state index in [4.69, 9.17) is 19.3 Å². The van der Waals surface area contributed by atoms with Gasteiger partial charge in [0.1, 0.15) is 5.75 Å². The van der Waals surface area contributed by atoms with E-state index in [2.05, 4.69) is 31.0 Å². The van der Waals surface area contributed by atoms with Gasteiger partial charge in [-0.1, -0.05) is 18.2 Å². The van der Waals surface area contributed by atoms with Crippen LogP contribution in [0.15, 0.2) is 47.6 Å². The van der Waals surface area contributed by atoms with E-state index in [1.54, 1.807) is 13.2 Å². The van der Waals surface area contributed by atoms with Crippen molar-refractivity contribution in [3.05, 3.63) is 53.6 Å². The zero-order valence-electron chi connectivity index (χ0n) is 17.0. The number of ether oxygens (including phenoxy) is 3. The van der Waals surface area contributed by atoms with Gasteiger partial charge in [0.15, 0.2) is 11.5 Å². The number of benzene rings is 2. The van der Waals surface area contributed by atoms with Gasteiger partial charge in [0.2, 0.25) is 5.72 Å². The molecule has 6 heteroatoms. The molecule has 3 aliphatic heterocycles. The molecule has 0 aromatic heterocycles. The molecule has 6 nitrogen and oxygen atoms in total. The van der Waals surface area contributed by atoms with E-state index in [-0.39, 0.29) is 17.4 Å². The lowest BCUT2D eigenvalue weighted by Gasteiger charge is -2.52. The Kier molecular flexibility index (Phi) is 4.03. The number of hydrogen-bond donors (Lipinski definition) is 1. The van der Waals surface area contributed by atoms with E-state index in [1.165, 1.54) is 0 Å². The molecular formula is C23H26N2O4. The standard InChI is InChI=1S/C23H26N2O4/c1-22(2)14-23(10-11-28-22)25-18(16-6-4-5-7-20(16)29-23)13-17(24-25)15-8-9-19(26)21(12-15)27-3/h4-9,12,18,26H,10-11,13-14H2,1-3H3. The Balaban J connectivity index is 1.60. The van der Waals surface area contributed by atoms with Crippen molar-refractivity contribution >= 4 is 5.71 Å². The molecule has 3 aliphatic rings. The van der Waals surface area contributed by atoms with Gasteiger partial charge in [-0.25, -0.2) is 5.01 Å². The fraction of sp³-hybridized carbons (Fsp3) is 0.435. The van der Waals surface area contributed by atoms with Gasteiger partial charge in [0.25, 0.3) is 0 Å². The summed E-state index contributed by atoms with van der Waals surface area (Å²) in [6.07, 6.45) is 2.27. The second kappa shape index (κ2) is 6.39. The van der Waals surface area contributed by atoms with Crippen molar-refractivity contribution in [3.63, 3.8) is 0 Å². The highest BCUT2D eigenvalue weighted by Gasteiger charge is 2.54. The van der Waals surface area contributed by atoms with Gasteiger partial charge in [0, 0.05) is 30.4 Å². The molecule has 152 valence electrons. The third-order valence-corrected chi connectivity index (χ3v) is 6.11. The quantitative estimate of drug-likeness (QED) is 0.826. The van der Waals surface area contributed by atoms with Crippen LogP contribution in [0.1, 0.15) is 50.3 Å². The maximum Gasteiger partial charge on any atom is 0.203 e. The second-order valence-corrected chi connectivity index (χ2v) is 8.62. The molecular weight excluding hydrogens is 368 g/mol. The average molecular weight is 394 g/mol. The van der Waals surface area contributed by atoms with Crippen LogP contribution in [0.3, 0.4) is 0 Å². The number of phenolic OH excluding ortho intramolecular Hbond substituents is 1. The summed E-state index contributed by atoms with van der Waals surface area (Å²) in [5, 5.41) is 17.2. The molecule has 0 amide bonds. The third kappa shape index (κ3) is 2.94. The first-order valence-corrected chi connectivity index (χ1v) is 10.1. The predicted octanol–water partition coefficient (Wildman–Crippen LogP) is 4.23. The number of nitrogens with zero attached hydrogens (tertiary/aromatic N) is 2. The summed E-state index contributed by atoms with van der Waals surface area (Å²) < 4.78 is 17.9. The Morgan fingerprint density at radius 1 is 1.21 bits per heavy atom. The maximum absolute atomic E-state index is 9.96. The SMILES string of the molecule is COc1cc(C2=NN3C(C2)c2ccccc2OC32CCOC(C)(C)C2)ccc1O. The van der Waals surface area contributed by atoms with Gasteiger partial charge in [-0.15, -0.1) is 0 Å². The van der Waals surface area contributed by atoms with Gasteiger partial charge in [-0.3, -0.25) is 0 Å². The van der Waals surface area contributed by atoms with Crippen LogP contribution < -0.4 is 9.47 Å². The van der Waals surface area contributed by atoms with Gasteiger partial charge >= 0.3 is 0 Å². The Morgan fingerprint density at radius 3 is 2.83 bits per heavy atom. The lowest BCUT2D eigenvalue weighted by atomic mass is 9.86. The summed E-state index contributed by atoms with van der Waals surface area (Å²) >= 11 is 0. The van der Waals surface area contributed by atoms with E-state index < -0.39 is 5.72 Å². The lowest BCUT2D eigenvalue weighted by molar-refractivity contribution is -0.212. The monoisotopic (exact) mass is 394 g/mol. The molecule has 0 saturated carbocycles. The fourth-order valence-corrected chi connectivity index (χ4v) is 4.83. The molecule has 2 aromatic carbocycles. The molecule has 2 unspecified atom stereocenters. The fourth-order valence-electron chi connectivity index (χ4n) is 4.83. The number of phenols is 1. The van der Waals surface area contributed by atoms with E-state index in [1.807, 2.05) is 24.3 Å². The highest BCUT2D eigenvalue weighted by atomic mass is 16.5. The van der Waals surface area contributed by atoms with Crippen LogP contribution in [0.5, 0.6) is 17.2 Å². The Morgan fingerprint density at radius 2 is 2.03 bits per heavy atom. The molecule has 3 heterocycles. The summed E-state index contributed by atoms with van der Waals surface area (Å²) in [4.78, 5) is 0. The largest absolute Gasteiger partial charge is 0.504 e. The number of methoxy groups -OCH3 is 1. The number of para-hydroxylation sites is 1. The van der Waals surface area contributed by atoms with E-state index in [9.17, 15) is 5.11 Å². The van der Waals surface area contributed by atoms with Crippen LogP contribution in [0.2, 0.25) is 0 Å². The van der Waals surface area contributed by atoms with Gasteiger partial charge in [-0.2, -0.15) is 5.10 Å². The highest BCUT2D eigenvalue weighted by Crippen LogP contribution is 2.51. The Hall–Kier alpha value is -2.73. The average Bonchev–Trinajstić information content (AvgIpc) is 3.14. The van der Waals surface area contributed by atoms with Crippen LogP contribution in [0.4, 0.5) is 0 Å². The normalized spacial score (nSPS) is 27.1. The molecule has 1 N–H and O–H groups in total. The molecule has 1 saturated heterocycles. The van der Waals surface area contributed by atoms with Gasteiger partial charge in [0.05, 0.1) is 31.1 Å². The molecule has 2 aromatic rings. The number of hydrogen-bond acceptors (Lipinski definition) is 6. The smallest absolute Gasteiger partial charge is 0.203 e. The van der Waals surface area contributed by atoms with Crippen molar-refractivity contribution in [2.24, 2.45) is 5.10 Å². The number of aromatic hydroxyl groups is 1. The lowest BCUT2D eigenvalue weighted by Crippen LogP contribution is -2.60. The van der Waals surface area contributed by atoms with E-state index in [0.29, 0.717) is 12.4 Å². The van der Waals surface area contributed by atoms with Crippen molar-refractivity contribution < 1.29 is 19.3 Å². The van der Waals surface area contributed by atoms with Crippen LogP contribution >= 0.6 is 0 Å².